The lowest BCUT2D eigenvalue weighted by Gasteiger charge is -2.39. The Labute approximate surface area is 143 Å². The Balaban J connectivity index is 1.93. The van der Waals surface area contributed by atoms with E-state index in [1.807, 2.05) is 12.1 Å². The molecule has 0 bridgehead atoms. The summed E-state index contributed by atoms with van der Waals surface area (Å²) in [5.74, 6) is -1.12. The number of carboxylic acids is 1. The maximum absolute atomic E-state index is 13.1. The number of hydrogen-bond acceptors (Lipinski definition) is 3. The van der Waals surface area contributed by atoms with Crippen molar-refractivity contribution in [3.8, 4) is 0 Å². The van der Waals surface area contributed by atoms with Crippen LogP contribution in [-0.2, 0) is 21.4 Å². The third-order valence-corrected chi connectivity index (χ3v) is 7.23. The molecule has 1 heterocycles. The van der Waals surface area contributed by atoms with Crippen LogP contribution in [0, 0.1) is 0 Å². The maximum atomic E-state index is 13.1. The lowest BCUT2D eigenvalue weighted by atomic mass is 9.94. The first-order chi connectivity index (χ1) is 11.4. The van der Waals surface area contributed by atoms with Gasteiger partial charge in [0.15, 0.2) is 0 Å². The molecule has 0 amide bonds. The topological polar surface area (TPSA) is 77.9 Å². The molecule has 24 heavy (non-hydrogen) atoms. The predicted octanol–water partition coefficient (Wildman–Crippen LogP) is 2.18. The van der Waals surface area contributed by atoms with Gasteiger partial charge in [0, 0.05) is 19.6 Å². The van der Waals surface area contributed by atoms with Crippen molar-refractivity contribution in [3.05, 3.63) is 35.4 Å². The highest BCUT2D eigenvalue weighted by molar-refractivity contribution is 7.86. The van der Waals surface area contributed by atoms with Crippen LogP contribution >= 0.6 is 0 Å². The molecule has 0 radical (unpaired) electrons. The molecular formula is C17H24N2O4S. The molecule has 3 rings (SSSR count). The molecule has 0 spiro atoms. The summed E-state index contributed by atoms with van der Waals surface area (Å²) in [7, 11) is -2.22. The number of carbonyl (C=O) groups is 1. The van der Waals surface area contributed by atoms with Gasteiger partial charge < -0.3 is 5.11 Å². The van der Waals surface area contributed by atoms with Gasteiger partial charge in [-0.3, -0.25) is 4.79 Å². The van der Waals surface area contributed by atoms with E-state index in [4.69, 9.17) is 0 Å². The van der Waals surface area contributed by atoms with Crippen LogP contribution in [0.25, 0.3) is 0 Å². The molecule has 1 aliphatic heterocycles. The zero-order chi connectivity index (χ0) is 17.3. The smallest absolute Gasteiger partial charge is 0.326 e. The molecule has 1 aromatic rings. The van der Waals surface area contributed by atoms with E-state index >= 15 is 0 Å². The molecule has 6 nitrogen and oxygen atoms in total. The van der Waals surface area contributed by atoms with E-state index in [0.29, 0.717) is 12.0 Å². The Morgan fingerprint density at radius 2 is 1.88 bits per heavy atom. The highest BCUT2D eigenvalue weighted by atomic mass is 32.2. The van der Waals surface area contributed by atoms with Gasteiger partial charge in [-0.15, -0.1) is 0 Å². The van der Waals surface area contributed by atoms with Crippen LogP contribution < -0.4 is 0 Å². The molecule has 1 unspecified atom stereocenters. The summed E-state index contributed by atoms with van der Waals surface area (Å²) < 4.78 is 28.8. The van der Waals surface area contributed by atoms with Gasteiger partial charge in [-0.1, -0.05) is 43.5 Å². The normalized spacial score (nSPS) is 23.2. The minimum atomic E-state index is -3.81. The Hall–Kier alpha value is -1.44. The van der Waals surface area contributed by atoms with Crippen molar-refractivity contribution in [1.82, 2.24) is 8.61 Å². The van der Waals surface area contributed by atoms with Gasteiger partial charge in [-0.05, 0) is 30.4 Å². The quantitative estimate of drug-likeness (QED) is 0.901. The Morgan fingerprint density at radius 1 is 1.21 bits per heavy atom. The molecule has 1 fully saturated rings. The summed E-state index contributed by atoms with van der Waals surface area (Å²) in [5, 5.41) is 9.69. The lowest BCUT2D eigenvalue weighted by Crippen LogP contribution is -2.51. The summed E-state index contributed by atoms with van der Waals surface area (Å²) in [5.41, 5.74) is 1.49. The van der Waals surface area contributed by atoms with Crippen LogP contribution in [0.1, 0.15) is 49.3 Å². The van der Waals surface area contributed by atoms with Crippen molar-refractivity contribution >= 4 is 16.2 Å². The second kappa shape index (κ2) is 6.82. The molecular weight excluding hydrogens is 328 g/mol. The van der Waals surface area contributed by atoms with Gasteiger partial charge in [-0.2, -0.15) is 17.0 Å². The van der Waals surface area contributed by atoms with E-state index in [-0.39, 0.29) is 12.6 Å². The molecule has 1 saturated carbocycles. The number of fused-ring (bicyclic) bond motifs is 1. The van der Waals surface area contributed by atoms with Crippen molar-refractivity contribution in [1.29, 1.82) is 0 Å². The summed E-state index contributed by atoms with van der Waals surface area (Å²) in [6.07, 6.45) is 5.41. The van der Waals surface area contributed by atoms with Crippen LogP contribution in [0.3, 0.4) is 0 Å². The Kier molecular flexibility index (Phi) is 4.94. The first kappa shape index (κ1) is 17.4. The third kappa shape index (κ3) is 3.08. The van der Waals surface area contributed by atoms with Gasteiger partial charge in [-0.25, -0.2) is 0 Å². The fourth-order valence-corrected chi connectivity index (χ4v) is 5.56. The highest BCUT2D eigenvalue weighted by Crippen LogP contribution is 2.34. The number of rotatable bonds is 4. The summed E-state index contributed by atoms with van der Waals surface area (Å²) in [6.45, 7) is 0.202. The van der Waals surface area contributed by atoms with Gasteiger partial charge in [0.2, 0.25) is 0 Å². The van der Waals surface area contributed by atoms with E-state index < -0.39 is 22.2 Å². The summed E-state index contributed by atoms with van der Waals surface area (Å²) in [6, 6.07) is 6.03. The number of carboxylic acid groups (broad SMARTS) is 1. The maximum Gasteiger partial charge on any atom is 0.326 e. The van der Waals surface area contributed by atoms with E-state index in [0.717, 1.165) is 42.0 Å². The number of hydrogen-bond donors (Lipinski definition) is 1. The van der Waals surface area contributed by atoms with Crippen molar-refractivity contribution in [3.63, 3.8) is 0 Å². The van der Waals surface area contributed by atoms with Gasteiger partial charge in [0.1, 0.15) is 6.04 Å². The lowest BCUT2D eigenvalue weighted by molar-refractivity contribution is -0.142. The zero-order valence-electron chi connectivity index (χ0n) is 13.9. The largest absolute Gasteiger partial charge is 0.480 e. The molecule has 0 aromatic heterocycles. The third-order valence-electron chi connectivity index (χ3n) is 5.22. The first-order valence-electron chi connectivity index (χ1n) is 8.48. The summed E-state index contributed by atoms with van der Waals surface area (Å²) >= 11 is 0. The van der Waals surface area contributed by atoms with Crippen LogP contribution in [0.15, 0.2) is 24.3 Å². The molecule has 0 saturated heterocycles. The zero-order valence-corrected chi connectivity index (χ0v) is 14.7. The second-order valence-corrected chi connectivity index (χ2v) is 8.56. The van der Waals surface area contributed by atoms with E-state index in [2.05, 4.69) is 0 Å². The molecule has 1 aromatic carbocycles. The molecule has 2 aliphatic rings. The van der Waals surface area contributed by atoms with Crippen molar-refractivity contribution in [2.24, 2.45) is 0 Å². The van der Waals surface area contributed by atoms with Crippen molar-refractivity contribution in [2.45, 2.75) is 50.6 Å². The van der Waals surface area contributed by atoms with E-state index in [1.165, 1.54) is 4.31 Å². The summed E-state index contributed by atoms with van der Waals surface area (Å²) in [4.78, 5) is 11.8. The predicted molar refractivity (Wildman–Crippen MR) is 90.8 cm³/mol. The fourth-order valence-electron chi connectivity index (χ4n) is 3.85. The number of nitrogens with zero attached hydrogens (tertiary/aromatic N) is 2. The van der Waals surface area contributed by atoms with Crippen molar-refractivity contribution in [2.75, 3.05) is 13.6 Å². The SMILES string of the molecule is CN(C1CCCCC1)S(=O)(=O)N1CCc2ccccc2C1C(=O)O. The second-order valence-electron chi connectivity index (χ2n) is 6.62. The van der Waals surface area contributed by atoms with E-state index in [9.17, 15) is 18.3 Å². The molecule has 7 heteroatoms. The molecule has 132 valence electrons. The first-order valence-corrected chi connectivity index (χ1v) is 9.88. The molecule has 1 atom stereocenters. The Morgan fingerprint density at radius 3 is 2.54 bits per heavy atom. The standard InChI is InChI=1S/C17H24N2O4S/c1-18(14-8-3-2-4-9-14)24(22,23)19-12-11-13-7-5-6-10-15(13)16(19)17(20)21/h5-7,10,14,16H,2-4,8-9,11-12H2,1H3,(H,20,21). The molecule has 1 N–H and O–H groups in total. The monoisotopic (exact) mass is 352 g/mol. The van der Waals surface area contributed by atoms with Crippen LogP contribution in [0.2, 0.25) is 0 Å². The van der Waals surface area contributed by atoms with E-state index in [1.54, 1.807) is 19.2 Å². The molecule has 1 aliphatic carbocycles. The van der Waals surface area contributed by atoms with Crippen LogP contribution in [0.4, 0.5) is 0 Å². The van der Waals surface area contributed by atoms with Crippen LogP contribution in [0.5, 0.6) is 0 Å². The average Bonchev–Trinajstić information content (AvgIpc) is 2.60. The highest BCUT2D eigenvalue weighted by Gasteiger charge is 2.43. The number of aliphatic carboxylic acids is 1. The van der Waals surface area contributed by atoms with Gasteiger partial charge in [0.05, 0.1) is 0 Å². The number of benzene rings is 1. The van der Waals surface area contributed by atoms with Gasteiger partial charge >= 0.3 is 5.97 Å². The minimum absolute atomic E-state index is 0.0321. The van der Waals surface area contributed by atoms with Gasteiger partial charge in [0.25, 0.3) is 10.2 Å². The van der Waals surface area contributed by atoms with Crippen molar-refractivity contribution < 1.29 is 18.3 Å². The fraction of sp³-hybridized carbons (Fsp3) is 0.588. The average molecular weight is 352 g/mol. The minimum Gasteiger partial charge on any atom is -0.480 e. The van der Waals surface area contributed by atoms with Crippen LogP contribution in [-0.4, -0.2) is 47.7 Å². The Bertz CT molecular complexity index is 713.